The molecule has 3 aromatic carbocycles. The Balaban J connectivity index is 1.86. The second kappa shape index (κ2) is 6.47. The number of anilines is 3. The summed E-state index contributed by atoms with van der Waals surface area (Å²) < 4.78 is 0. The van der Waals surface area contributed by atoms with Crippen LogP contribution >= 0.6 is 0 Å². The zero-order valence-electron chi connectivity index (χ0n) is 24.5. The number of para-hydroxylation sites is 1. The molecule has 0 radical (unpaired) electrons. The molecule has 0 aliphatic carbocycles. The van der Waals surface area contributed by atoms with Gasteiger partial charge in [-0.05, 0) is 55.3 Å². The molecule has 6 rings (SSSR count). The molecule has 0 saturated heterocycles. The second-order valence-electron chi connectivity index (χ2n) is 15.3. The van der Waals surface area contributed by atoms with Crippen LogP contribution in [-0.4, -0.2) is 0 Å². The van der Waals surface area contributed by atoms with Crippen LogP contribution in [0.25, 0.3) is 0 Å². The fourth-order valence-electron chi connectivity index (χ4n) is 7.09. The van der Waals surface area contributed by atoms with E-state index in [1.807, 2.05) is 0 Å². The van der Waals surface area contributed by atoms with Gasteiger partial charge in [-0.3, -0.25) is 0 Å². The highest BCUT2D eigenvalue weighted by Gasteiger charge is 2.52. The van der Waals surface area contributed by atoms with E-state index in [1.165, 1.54) is 61.6 Å². The van der Waals surface area contributed by atoms with Crippen LogP contribution in [0, 0.1) is 0 Å². The Morgan fingerprint density at radius 2 is 0.750 bits per heavy atom. The average molecular weight is 478 g/mol. The Morgan fingerprint density at radius 3 is 1.06 bits per heavy atom. The monoisotopic (exact) mass is 477 g/mol. The number of hydrogen-bond donors (Lipinski definition) is 0. The summed E-state index contributed by atoms with van der Waals surface area (Å²) in [5, 5.41) is 0. The van der Waals surface area contributed by atoms with Gasteiger partial charge in [-0.2, -0.15) is 0 Å². The molecule has 3 aromatic rings. The molecule has 0 saturated carbocycles. The molecule has 0 amide bonds. The van der Waals surface area contributed by atoms with Crippen molar-refractivity contribution < 1.29 is 0 Å². The van der Waals surface area contributed by atoms with Crippen molar-refractivity contribution in [1.82, 2.24) is 0 Å². The van der Waals surface area contributed by atoms with Crippen LogP contribution in [-0.2, 0) is 27.1 Å². The number of hydrogen-bond acceptors (Lipinski definition) is 1. The van der Waals surface area contributed by atoms with E-state index in [0.29, 0.717) is 0 Å². The fraction of sp³-hybridized carbons (Fsp3) is 0.486. The van der Waals surface area contributed by atoms with Crippen molar-refractivity contribution in [3.05, 3.63) is 87.0 Å². The first-order chi connectivity index (χ1) is 16.4. The molecule has 0 N–H and O–H groups in total. The lowest BCUT2D eigenvalue weighted by Gasteiger charge is -2.55. The van der Waals surface area contributed by atoms with Crippen LogP contribution < -0.4 is 4.90 Å². The molecule has 1 heteroatoms. The Kier molecular flexibility index (Phi) is 4.28. The van der Waals surface area contributed by atoms with E-state index in [9.17, 15) is 0 Å². The molecule has 0 aromatic heterocycles. The highest BCUT2D eigenvalue weighted by molar-refractivity contribution is 5.98. The maximum absolute atomic E-state index is 2.68. The van der Waals surface area contributed by atoms with E-state index in [2.05, 4.69) is 130 Å². The summed E-state index contributed by atoms with van der Waals surface area (Å²) in [6, 6.07) is 17.2. The summed E-state index contributed by atoms with van der Waals surface area (Å²) in [6.07, 6.45) is 0. The Bertz CT molecular complexity index is 1360. The Morgan fingerprint density at radius 1 is 0.472 bits per heavy atom. The Labute approximate surface area is 218 Å². The molecule has 0 bridgehead atoms. The summed E-state index contributed by atoms with van der Waals surface area (Å²) in [7, 11) is 0. The lowest BCUT2D eigenvalue weighted by Crippen LogP contribution is -2.44. The molecule has 3 aliphatic heterocycles. The van der Waals surface area contributed by atoms with E-state index in [1.54, 1.807) is 0 Å². The quantitative estimate of drug-likeness (QED) is 0.311. The van der Waals surface area contributed by atoms with Gasteiger partial charge in [-0.15, -0.1) is 0 Å². The largest absolute Gasteiger partial charge is 0.309 e. The number of nitrogens with zero attached hydrogens (tertiary/aromatic N) is 1. The summed E-state index contributed by atoms with van der Waals surface area (Å²) in [5.41, 5.74) is 15.9. The smallest absolute Gasteiger partial charge is 0.0544 e. The van der Waals surface area contributed by atoms with Crippen LogP contribution in [0.15, 0.2) is 42.5 Å². The standard InChI is InChI=1S/C35H43N/c1-31(2,3)20-16-24-29-26(18-20)35(11,12)27-19-21(32(4,5)6)17-25-30(27)36(29)28-22(33(24,7)8)14-13-15-23(28)34(25,9)10/h13-19H,1-12H3. The van der Waals surface area contributed by atoms with Crippen molar-refractivity contribution in [2.24, 2.45) is 0 Å². The van der Waals surface area contributed by atoms with Gasteiger partial charge in [0.25, 0.3) is 0 Å². The first-order valence-corrected chi connectivity index (χ1v) is 13.7. The minimum Gasteiger partial charge on any atom is -0.309 e. The predicted molar refractivity (Wildman–Crippen MR) is 155 cm³/mol. The van der Waals surface area contributed by atoms with Crippen molar-refractivity contribution in [3.63, 3.8) is 0 Å². The minimum atomic E-state index is -0.0941. The minimum absolute atomic E-state index is 0.0697. The summed E-state index contributed by atoms with van der Waals surface area (Å²) in [5.74, 6) is 0. The third-order valence-corrected chi connectivity index (χ3v) is 9.70. The van der Waals surface area contributed by atoms with Gasteiger partial charge >= 0.3 is 0 Å². The SMILES string of the molecule is CC(C)(C)c1cc2c3c(c1)C(C)(C)c1cc(C(C)(C)C)cc4c1N3c1c(cccc1C4(C)C)C2(C)C. The zero-order valence-corrected chi connectivity index (χ0v) is 24.5. The summed E-state index contributed by atoms with van der Waals surface area (Å²) >= 11 is 0. The van der Waals surface area contributed by atoms with Crippen LogP contribution in [0.1, 0.15) is 128 Å². The van der Waals surface area contributed by atoms with Gasteiger partial charge in [0.05, 0.1) is 17.1 Å². The Hall–Kier alpha value is -2.54. The maximum atomic E-state index is 2.68. The molecular weight excluding hydrogens is 434 g/mol. The second-order valence-corrected chi connectivity index (χ2v) is 15.3. The third-order valence-electron chi connectivity index (χ3n) is 9.70. The first kappa shape index (κ1) is 23.8. The normalized spacial score (nSPS) is 19.7. The maximum Gasteiger partial charge on any atom is 0.0544 e. The van der Waals surface area contributed by atoms with Gasteiger partial charge in [0, 0.05) is 16.2 Å². The predicted octanol–water partition coefficient (Wildman–Crippen LogP) is 9.67. The van der Waals surface area contributed by atoms with E-state index >= 15 is 0 Å². The molecule has 0 atom stereocenters. The molecular formula is C35H43N. The van der Waals surface area contributed by atoms with Crippen LogP contribution in [0.3, 0.4) is 0 Å². The molecule has 188 valence electrons. The number of rotatable bonds is 0. The molecule has 0 unspecified atom stereocenters. The van der Waals surface area contributed by atoms with Crippen molar-refractivity contribution in [2.75, 3.05) is 4.90 Å². The third kappa shape index (κ3) is 2.73. The summed E-state index contributed by atoms with van der Waals surface area (Å²) in [6.45, 7) is 28.8. The molecule has 3 heterocycles. The first-order valence-electron chi connectivity index (χ1n) is 13.7. The zero-order chi connectivity index (χ0) is 26.4. The highest BCUT2D eigenvalue weighted by atomic mass is 15.2. The molecule has 36 heavy (non-hydrogen) atoms. The van der Waals surface area contributed by atoms with Crippen LogP contribution in [0.5, 0.6) is 0 Å². The van der Waals surface area contributed by atoms with Crippen LogP contribution in [0.2, 0.25) is 0 Å². The summed E-state index contributed by atoms with van der Waals surface area (Å²) in [4.78, 5) is 2.68. The van der Waals surface area contributed by atoms with E-state index in [-0.39, 0.29) is 27.1 Å². The van der Waals surface area contributed by atoms with Crippen molar-refractivity contribution in [1.29, 1.82) is 0 Å². The lowest BCUT2D eigenvalue weighted by atomic mass is 9.59. The van der Waals surface area contributed by atoms with Gasteiger partial charge in [0.2, 0.25) is 0 Å². The molecule has 0 fully saturated rings. The van der Waals surface area contributed by atoms with E-state index < -0.39 is 0 Å². The van der Waals surface area contributed by atoms with Gasteiger partial charge in [-0.25, -0.2) is 0 Å². The average Bonchev–Trinajstić information content (AvgIpc) is 2.75. The van der Waals surface area contributed by atoms with E-state index in [4.69, 9.17) is 0 Å². The molecule has 1 nitrogen and oxygen atoms in total. The van der Waals surface area contributed by atoms with Gasteiger partial charge in [0.15, 0.2) is 0 Å². The van der Waals surface area contributed by atoms with Crippen molar-refractivity contribution >= 4 is 17.1 Å². The van der Waals surface area contributed by atoms with Gasteiger partial charge in [-0.1, -0.05) is 126 Å². The molecule has 3 aliphatic rings. The molecule has 0 spiro atoms. The van der Waals surface area contributed by atoms with E-state index in [0.717, 1.165) is 0 Å². The highest BCUT2D eigenvalue weighted by Crippen LogP contribution is 2.66. The van der Waals surface area contributed by atoms with Crippen LogP contribution in [0.4, 0.5) is 17.1 Å². The fourth-order valence-corrected chi connectivity index (χ4v) is 7.09. The lowest BCUT2D eigenvalue weighted by molar-refractivity contribution is 0.542. The van der Waals surface area contributed by atoms with Crippen molar-refractivity contribution in [3.8, 4) is 0 Å². The number of benzene rings is 3. The topological polar surface area (TPSA) is 3.24 Å². The van der Waals surface area contributed by atoms with Gasteiger partial charge < -0.3 is 4.90 Å². The van der Waals surface area contributed by atoms with Crippen molar-refractivity contribution in [2.45, 2.75) is 110 Å². The van der Waals surface area contributed by atoms with Gasteiger partial charge in [0.1, 0.15) is 0 Å².